The predicted octanol–water partition coefficient (Wildman–Crippen LogP) is 3.30. The largest absolute Gasteiger partial charge is 0.371 e. The van der Waals surface area contributed by atoms with E-state index < -0.39 is 0 Å². The molecule has 19 heavy (non-hydrogen) atoms. The molecule has 1 saturated heterocycles. The number of hydrogen-bond donors (Lipinski definition) is 1. The second-order valence-electron chi connectivity index (χ2n) is 6.02. The monoisotopic (exact) mass is 262 g/mol. The van der Waals surface area contributed by atoms with Gasteiger partial charge >= 0.3 is 0 Å². The number of nitrogens with zero attached hydrogens (tertiary/aromatic N) is 1. The Balaban J connectivity index is 1.74. The van der Waals surface area contributed by atoms with Gasteiger partial charge in [0, 0.05) is 30.9 Å². The molecule has 104 valence electrons. The molecule has 1 aromatic rings. The molecular formula is C16H23FN2. The minimum Gasteiger partial charge on any atom is -0.371 e. The Kier molecular flexibility index (Phi) is 3.74. The van der Waals surface area contributed by atoms with Crippen LogP contribution >= 0.6 is 0 Å². The van der Waals surface area contributed by atoms with Gasteiger partial charge < -0.3 is 10.6 Å². The van der Waals surface area contributed by atoms with Gasteiger partial charge in [0.05, 0.1) is 0 Å². The summed E-state index contributed by atoms with van der Waals surface area (Å²) in [5.41, 5.74) is 7.15. The maximum Gasteiger partial charge on any atom is 0.129 e. The molecule has 2 nitrogen and oxygen atoms in total. The summed E-state index contributed by atoms with van der Waals surface area (Å²) < 4.78 is 13.8. The number of anilines is 1. The molecule has 1 heterocycles. The molecule has 2 aliphatic rings. The summed E-state index contributed by atoms with van der Waals surface area (Å²) in [5.74, 6) is 1.57. The van der Waals surface area contributed by atoms with Crippen LogP contribution in [0.5, 0.6) is 0 Å². The number of benzene rings is 1. The second-order valence-corrected chi connectivity index (χ2v) is 6.02. The van der Waals surface area contributed by atoms with Crippen molar-refractivity contribution in [3.05, 3.63) is 29.6 Å². The highest BCUT2D eigenvalue weighted by Crippen LogP contribution is 2.37. The lowest BCUT2D eigenvalue weighted by molar-refractivity contribution is 0.202. The summed E-state index contributed by atoms with van der Waals surface area (Å²) in [7, 11) is 0. The summed E-state index contributed by atoms with van der Waals surface area (Å²) in [4.78, 5) is 2.36. The SMILES string of the molecule is NCc1ccc(N2CCC3CCCCC3C2)cc1F. The molecule has 0 amide bonds. The van der Waals surface area contributed by atoms with Gasteiger partial charge in [-0.15, -0.1) is 0 Å². The van der Waals surface area contributed by atoms with Crippen LogP contribution in [0.1, 0.15) is 37.7 Å². The first-order valence-electron chi connectivity index (χ1n) is 7.51. The van der Waals surface area contributed by atoms with Crippen LogP contribution in [0, 0.1) is 17.7 Å². The lowest BCUT2D eigenvalue weighted by Gasteiger charge is -2.42. The van der Waals surface area contributed by atoms with Crippen LogP contribution in [-0.4, -0.2) is 13.1 Å². The number of hydrogen-bond acceptors (Lipinski definition) is 2. The Hall–Kier alpha value is -1.09. The van der Waals surface area contributed by atoms with Gasteiger partial charge in [-0.25, -0.2) is 4.39 Å². The van der Waals surface area contributed by atoms with Gasteiger partial charge in [-0.3, -0.25) is 0 Å². The smallest absolute Gasteiger partial charge is 0.129 e. The van der Waals surface area contributed by atoms with Crippen molar-refractivity contribution in [2.24, 2.45) is 17.6 Å². The zero-order chi connectivity index (χ0) is 13.2. The zero-order valence-corrected chi connectivity index (χ0v) is 11.4. The van der Waals surface area contributed by atoms with Crippen molar-refractivity contribution in [2.45, 2.75) is 38.6 Å². The average molecular weight is 262 g/mol. The van der Waals surface area contributed by atoms with Crippen LogP contribution in [0.15, 0.2) is 18.2 Å². The van der Waals surface area contributed by atoms with E-state index in [1.54, 1.807) is 6.07 Å². The average Bonchev–Trinajstić information content (AvgIpc) is 2.46. The fourth-order valence-electron chi connectivity index (χ4n) is 3.73. The lowest BCUT2D eigenvalue weighted by Crippen LogP contribution is -2.41. The quantitative estimate of drug-likeness (QED) is 0.886. The van der Waals surface area contributed by atoms with E-state index >= 15 is 0 Å². The van der Waals surface area contributed by atoms with Crippen molar-refractivity contribution < 1.29 is 4.39 Å². The molecule has 0 aromatic heterocycles. The molecule has 1 aromatic carbocycles. The molecular weight excluding hydrogens is 239 g/mol. The Labute approximate surface area is 114 Å². The van der Waals surface area contributed by atoms with Crippen molar-refractivity contribution in [2.75, 3.05) is 18.0 Å². The van der Waals surface area contributed by atoms with Gasteiger partial charge in [-0.1, -0.05) is 25.3 Å². The molecule has 0 radical (unpaired) electrons. The topological polar surface area (TPSA) is 29.3 Å². The molecule has 3 rings (SSSR count). The van der Waals surface area contributed by atoms with E-state index in [2.05, 4.69) is 4.90 Å². The fourth-order valence-corrected chi connectivity index (χ4v) is 3.73. The van der Waals surface area contributed by atoms with E-state index in [-0.39, 0.29) is 12.4 Å². The summed E-state index contributed by atoms with van der Waals surface area (Å²) in [6.07, 6.45) is 6.80. The molecule has 0 bridgehead atoms. The van der Waals surface area contributed by atoms with E-state index in [1.807, 2.05) is 12.1 Å². The molecule has 1 aliphatic carbocycles. The van der Waals surface area contributed by atoms with Gasteiger partial charge in [0.2, 0.25) is 0 Å². The summed E-state index contributed by atoms with van der Waals surface area (Å²) in [6, 6.07) is 5.51. The molecule has 3 heteroatoms. The van der Waals surface area contributed by atoms with Crippen LogP contribution in [0.3, 0.4) is 0 Å². The third-order valence-electron chi connectivity index (χ3n) is 4.91. The van der Waals surface area contributed by atoms with Crippen LogP contribution in [0.4, 0.5) is 10.1 Å². The van der Waals surface area contributed by atoms with Gasteiger partial charge in [-0.05, 0) is 36.8 Å². The molecule has 2 unspecified atom stereocenters. The number of nitrogens with two attached hydrogens (primary N) is 1. The van der Waals surface area contributed by atoms with E-state index in [4.69, 9.17) is 5.73 Å². The standard InChI is InChI=1S/C16H23FN2/c17-16-9-15(6-5-13(16)10-18)19-8-7-12-3-1-2-4-14(12)11-19/h5-6,9,12,14H,1-4,7-8,10-11,18H2. The minimum atomic E-state index is -0.161. The van der Waals surface area contributed by atoms with Gasteiger partial charge in [-0.2, -0.15) is 0 Å². The van der Waals surface area contributed by atoms with E-state index in [0.29, 0.717) is 5.56 Å². The number of rotatable bonds is 2. The first-order chi connectivity index (χ1) is 9.28. The third-order valence-corrected chi connectivity index (χ3v) is 4.91. The van der Waals surface area contributed by atoms with Gasteiger partial charge in [0.1, 0.15) is 5.82 Å². The van der Waals surface area contributed by atoms with Crippen molar-refractivity contribution >= 4 is 5.69 Å². The highest BCUT2D eigenvalue weighted by atomic mass is 19.1. The molecule has 2 fully saturated rings. The maximum atomic E-state index is 13.8. The summed E-state index contributed by atoms with van der Waals surface area (Å²) in [6.45, 7) is 2.45. The fraction of sp³-hybridized carbons (Fsp3) is 0.625. The molecule has 0 spiro atoms. The summed E-state index contributed by atoms with van der Waals surface area (Å²) in [5, 5.41) is 0. The van der Waals surface area contributed by atoms with Crippen LogP contribution in [0.25, 0.3) is 0 Å². The lowest BCUT2D eigenvalue weighted by atomic mass is 9.75. The highest BCUT2D eigenvalue weighted by molar-refractivity contribution is 5.48. The van der Waals surface area contributed by atoms with E-state index in [0.717, 1.165) is 30.6 Å². The van der Waals surface area contributed by atoms with E-state index in [9.17, 15) is 4.39 Å². The van der Waals surface area contributed by atoms with Crippen molar-refractivity contribution in [3.8, 4) is 0 Å². The van der Waals surface area contributed by atoms with Gasteiger partial charge in [0.25, 0.3) is 0 Å². The first kappa shape index (κ1) is 12.9. The molecule has 2 N–H and O–H groups in total. The normalized spacial score (nSPS) is 27.2. The predicted molar refractivity (Wildman–Crippen MR) is 76.6 cm³/mol. The molecule has 1 aliphatic heterocycles. The molecule has 1 saturated carbocycles. The third kappa shape index (κ3) is 2.62. The Bertz CT molecular complexity index is 446. The maximum absolute atomic E-state index is 13.8. The van der Waals surface area contributed by atoms with Crippen LogP contribution in [-0.2, 0) is 6.54 Å². The second kappa shape index (κ2) is 5.49. The Morgan fingerprint density at radius 2 is 1.95 bits per heavy atom. The van der Waals surface area contributed by atoms with Crippen LogP contribution in [0.2, 0.25) is 0 Å². The first-order valence-corrected chi connectivity index (χ1v) is 7.51. The van der Waals surface area contributed by atoms with Crippen molar-refractivity contribution in [1.82, 2.24) is 0 Å². The zero-order valence-electron chi connectivity index (χ0n) is 11.4. The summed E-state index contributed by atoms with van der Waals surface area (Å²) >= 11 is 0. The Morgan fingerprint density at radius 1 is 1.16 bits per heavy atom. The number of fused-ring (bicyclic) bond motifs is 1. The highest BCUT2D eigenvalue weighted by Gasteiger charge is 2.31. The van der Waals surface area contributed by atoms with E-state index in [1.165, 1.54) is 32.1 Å². The van der Waals surface area contributed by atoms with Crippen molar-refractivity contribution in [3.63, 3.8) is 0 Å². The number of halogens is 1. The minimum absolute atomic E-state index is 0.161. The van der Waals surface area contributed by atoms with Gasteiger partial charge in [0.15, 0.2) is 0 Å². The van der Waals surface area contributed by atoms with Crippen LogP contribution < -0.4 is 10.6 Å². The van der Waals surface area contributed by atoms with Crippen molar-refractivity contribution in [1.29, 1.82) is 0 Å². The Morgan fingerprint density at radius 3 is 2.68 bits per heavy atom. The molecule has 2 atom stereocenters. The number of piperidine rings is 1.